The maximum absolute atomic E-state index is 9.97. The Bertz CT molecular complexity index is 600. The van der Waals surface area contributed by atoms with E-state index < -0.39 is 0 Å². The lowest BCUT2D eigenvalue weighted by Crippen LogP contribution is -2.34. The number of aromatic hydroxyl groups is 1. The van der Waals surface area contributed by atoms with Gasteiger partial charge < -0.3 is 15.0 Å². The number of hydrogen-bond donors (Lipinski definition) is 2. The number of imidazole rings is 1. The van der Waals surface area contributed by atoms with Crippen molar-refractivity contribution in [3.05, 3.63) is 36.2 Å². The number of phenols is 1. The first-order valence-electron chi connectivity index (χ1n) is 7.76. The average Bonchev–Trinajstić information content (AvgIpc) is 2.92. The predicted octanol–water partition coefficient (Wildman–Crippen LogP) is 2.87. The summed E-state index contributed by atoms with van der Waals surface area (Å²) >= 11 is 0. The molecule has 2 heterocycles. The molecule has 0 spiro atoms. The SMILES string of the molecule is Cn1ccnc1-c1cc(O)cc(CC[C@H]2CCCCN2)c1. The number of piperidine rings is 1. The van der Waals surface area contributed by atoms with Crippen LogP contribution in [0.3, 0.4) is 0 Å². The molecule has 0 unspecified atom stereocenters. The highest BCUT2D eigenvalue weighted by atomic mass is 16.3. The number of phenolic OH excluding ortho intramolecular Hbond substituents is 1. The number of aryl methyl sites for hydroxylation is 2. The minimum atomic E-state index is 0.321. The summed E-state index contributed by atoms with van der Waals surface area (Å²) in [4.78, 5) is 4.36. The Kier molecular flexibility index (Phi) is 4.25. The summed E-state index contributed by atoms with van der Waals surface area (Å²) in [7, 11) is 1.97. The first-order valence-corrected chi connectivity index (χ1v) is 7.76. The molecule has 0 saturated carbocycles. The van der Waals surface area contributed by atoms with Crippen molar-refractivity contribution in [3.63, 3.8) is 0 Å². The smallest absolute Gasteiger partial charge is 0.139 e. The van der Waals surface area contributed by atoms with Crippen LogP contribution in [0.25, 0.3) is 11.4 Å². The second-order valence-corrected chi connectivity index (χ2v) is 5.94. The van der Waals surface area contributed by atoms with Crippen LogP contribution < -0.4 is 5.32 Å². The molecule has 1 aromatic carbocycles. The summed E-state index contributed by atoms with van der Waals surface area (Å²) in [5, 5.41) is 13.5. The molecule has 1 aliphatic heterocycles. The van der Waals surface area contributed by atoms with E-state index in [0.29, 0.717) is 11.8 Å². The molecule has 21 heavy (non-hydrogen) atoms. The first-order chi connectivity index (χ1) is 10.2. The third kappa shape index (κ3) is 3.45. The average molecular weight is 285 g/mol. The van der Waals surface area contributed by atoms with Gasteiger partial charge in [0.05, 0.1) is 0 Å². The molecule has 1 saturated heterocycles. The van der Waals surface area contributed by atoms with Gasteiger partial charge in [0, 0.05) is 31.0 Å². The summed E-state index contributed by atoms with van der Waals surface area (Å²) in [5.74, 6) is 1.21. The Morgan fingerprint density at radius 1 is 1.33 bits per heavy atom. The van der Waals surface area contributed by atoms with Gasteiger partial charge in [0.25, 0.3) is 0 Å². The standard InChI is InChI=1S/C17H23N3O/c1-20-9-8-19-17(20)14-10-13(11-16(21)12-14)5-6-15-4-2-3-7-18-15/h8-12,15,18,21H,2-7H2,1H3/t15-/m1/s1. The van der Waals surface area contributed by atoms with Crippen LogP contribution in [0.5, 0.6) is 5.75 Å². The zero-order valence-corrected chi connectivity index (χ0v) is 12.5. The van der Waals surface area contributed by atoms with Crippen molar-refractivity contribution in [1.29, 1.82) is 0 Å². The zero-order valence-electron chi connectivity index (χ0n) is 12.5. The Morgan fingerprint density at radius 2 is 2.24 bits per heavy atom. The molecule has 1 atom stereocenters. The fraction of sp³-hybridized carbons (Fsp3) is 0.471. The van der Waals surface area contributed by atoms with E-state index >= 15 is 0 Å². The minimum Gasteiger partial charge on any atom is -0.508 e. The third-order valence-corrected chi connectivity index (χ3v) is 4.25. The molecule has 4 nitrogen and oxygen atoms in total. The van der Waals surface area contributed by atoms with Crippen LogP contribution in [0.15, 0.2) is 30.6 Å². The molecule has 2 aromatic rings. The lowest BCUT2D eigenvalue weighted by atomic mass is 9.97. The van der Waals surface area contributed by atoms with Crippen molar-refractivity contribution in [3.8, 4) is 17.1 Å². The van der Waals surface area contributed by atoms with Gasteiger partial charge in [-0.2, -0.15) is 0 Å². The van der Waals surface area contributed by atoms with Crippen molar-refractivity contribution in [2.75, 3.05) is 6.54 Å². The Hall–Kier alpha value is -1.81. The minimum absolute atomic E-state index is 0.321. The maximum atomic E-state index is 9.97. The van der Waals surface area contributed by atoms with E-state index in [1.165, 1.54) is 24.8 Å². The quantitative estimate of drug-likeness (QED) is 0.908. The van der Waals surface area contributed by atoms with Gasteiger partial charge in [-0.3, -0.25) is 0 Å². The number of rotatable bonds is 4. The lowest BCUT2D eigenvalue weighted by molar-refractivity contribution is 0.382. The Balaban J connectivity index is 1.73. The first kappa shape index (κ1) is 14.1. The largest absolute Gasteiger partial charge is 0.508 e. The van der Waals surface area contributed by atoms with Crippen LogP contribution in [-0.4, -0.2) is 27.2 Å². The third-order valence-electron chi connectivity index (χ3n) is 4.25. The molecule has 1 aromatic heterocycles. The van der Waals surface area contributed by atoms with Crippen LogP contribution in [0, 0.1) is 0 Å². The van der Waals surface area contributed by atoms with Crippen LogP contribution in [0.4, 0.5) is 0 Å². The molecule has 0 aliphatic carbocycles. The van der Waals surface area contributed by atoms with Crippen LogP contribution in [0.2, 0.25) is 0 Å². The van der Waals surface area contributed by atoms with E-state index in [2.05, 4.69) is 16.4 Å². The molecular weight excluding hydrogens is 262 g/mol. The fourth-order valence-electron chi connectivity index (χ4n) is 3.10. The summed E-state index contributed by atoms with van der Waals surface area (Å²) in [6, 6.07) is 6.42. The topological polar surface area (TPSA) is 50.1 Å². The van der Waals surface area contributed by atoms with Gasteiger partial charge in [0.15, 0.2) is 0 Å². The van der Waals surface area contributed by atoms with E-state index in [-0.39, 0.29) is 0 Å². The van der Waals surface area contributed by atoms with Crippen LogP contribution in [-0.2, 0) is 13.5 Å². The molecule has 4 heteroatoms. The van der Waals surface area contributed by atoms with Crippen molar-refractivity contribution in [2.45, 2.75) is 38.1 Å². The highest BCUT2D eigenvalue weighted by Gasteiger charge is 2.13. The van der Waals surface area contributed by atoms with E-state index in [9.17, 15) is 5.11 Å². The van der Waals surface area contributed by atoms with Crippen LogP contribution >= 0.6 is 0 Å². The van der Waals surface area contributed by atoms with Crippen molar-refractivity contribution in [1.82, 2.24) is 14.9 Å². The summed E-state index contributed by atoms with van der Waals surface area (Å²) in [6.45, 7) is 1.14. The van der Waals surface area contributed by atoms with Crippen molar-refractivity contribution < 1.29 is 5.11 Å². The molecule has 1 fully saturated rings. The molecule has 0 radical (unpaired) electrons. The van der Waals surface area contributed by atoms with Gasteiger partial charge >= 0.3 is 0 Å². The Morgan fingerprint density at radius 3 is 2.95 bits per heavy atom. The van der Waals surface area contributed by atoms with E-state index in [1.807, 2.05) is 23.9 Å². The fourth-order valence-corrected chi connectivity index (χ4v) is 3.10. The highest BCUT2D eigenvalue weighted by Crippen LogP contribution is 2.25. The van der Waals surface area contributed by atoms with Gasteiger partial charge in [0.1, 0.15) is 11.6 Å². The van der Waals surface area contributed by atoms with Crippen molar-refractivity contribution >= 4 is 0 Å². The van der Waals surface area contributed by atoms with Gasteiger partial charge in [-0.25, -0.2) is 4.98 Å². The van der Waals surface area contributed by atoms with E-state index in [1.54, 1.807) is 12.3 Å². The number of nitrogens with zero attached hydrogens (tertiary/aromatic N) is 2. The summed E-state index contributed by atoms with van der Waals surface area (Å²) in [5.41, 5.74) is 2.16. The number of benzene rings is 1. The lowest BCUT2D eigenvalue weighted by Gasteiger charge is -2.23. The zero-order chi connectivity index (χ0) is 14.7. The normalized spacial score (nSPS) is 18.8. The van der Waals surface area contributed by atoms with Gasteiger partial charge in [0.2, 0.25) is 0 Å². The monoisotopic (exact) mass is 285 g/mol. The number of nitrogens with one attached hydrogen (secondary N) is 1. The molecule has 0 amide bonds. The molecule has 0 bridgehead atoms. The van der Waals surface area contributed by atoms with Gasteiger partial charge in [-0.1, -0.05) is 6.42 Å². The van der Waals surface area contributed by atoms with Gasteiger partial charge in [-0.05, 0) is 56.0 Å². The number of aromatic nitrogens is 2. The predicted molar refractivity (Wildman–Crippen MR) is 84.3 cm³/mol. The second-order valence-electron chi connectivity index (χ2n) is 5.94. The van der Waals surface area contributed by atoms with Crippen LogP contribution in [0.1, 0.15) is 31.2 Å². The maximum Gasteiger partial charge on any atom is 0.139 e. The molecule has 2 N–H and O–H groups in total. The van der Waals surface area contributed by atoms with Crippen molar-refractivity contribution in [2.24, 2.45) is 7.05 Å². The molecule has 112 valence electrons. The number of hydrogen-bond acceptors (Lipinski definition) is 3. The molecule has 3 rings (SSSR count). The van der Waals surface area contributed by atoms with E-state index in [4.69, 9.17) is 0 Å². The van der Waals surface area contributed by atoms with E-state index in [0.717, 1.165) is 30.8 Å². The molecular formula is C17H23N3O. The summed E-state index contributed by atoms with van der Waals surface area (Å²) in [6.07, 6.45) is 9.72. The Labute approximate surface area is 125 Å². The highest BCUT2D eigenvalue weighted by molar-refractivity contribution is 5.59. The summed E-state index contributed by atoms with van der Waals surface area (Å²) < 4.78 is 1.97. The second kappa shape index (κ2) is 6.31. The molecule has 1 aliphatic rings. The van der Waals surface area contributed by atoms with Gasteiger partial charge in [-0.15, -0.1) is 0 Å².